The van der Waals surface area contributed by atoms with Crippen LogP contribution in [0.15, 0.2) is 18.2 Å². The molecule has 1 N–H and O–H groups in total. The van der Waals surface area contributed by atoms with Crippen LogP contribution < -0.4 is 0 Å². The predicted octanol–water partition coefficient (Wildman–Crippen LogP) is 6.94. The number of ether oxygens (including phenoxy) is 2. The molecule has 0 unspecified atom stereocenters. The van der Waals surface area contributed by atoms with Crippen molar-refractivity contribution >= 4 is 18.1 Å². The molecular weight excluding hydrogens is 396 g/mol. The fourth-order valence-electron chi connectivity index (χ4n) is 3.57. The molecule has 1 aromatic rings. The number of benzene rings is 1. The molecule has 0 aliphatic rings. The topological polar surface area (TPSA) is 89.9 Å². The van der Waals surface area contributed by atoms with Crippen LogP contribution in [0.2, 0.25) is 0 Å². The molecule has 0 bridgehead atoms. The van der Waals surface area contributed by atoms with Gasteiger partial charge in [0.2, 0.25) is 0 Å². The van der Waals surface area contributed by atoms with Crippen LogP contribution in [-0.2, 0) is 15.9 Å². The summed E-state index contributed by atoms with van der Waals surface area (Å²) < 4.78 is 9.74. The first kappa shape index (κ1) is 26.7. The van der Waals surface area contributed by atoms with Gasteiger partial charge in [0, 0.05) is 0 Å². The number of carboxylic acid groups (broad SMARTS) is 1. The van der Waals surface area contributed by atoms with Crippen molar-refractivity contribution in [1.82, 2.24) is 0 Å². The van der Waals surface area contributed by atoms with E-state index < -0.39 is 18.1 Å². The first-order valence-electron chi connectivity index (χ1n) is 11.7. The van der Waals surface area contributed by atoms with E-state index in [0.29, 0.717) is 12.0 Å². The minimum atomic E-state index is -1.70. The van der Waals surface area contributed by atoms with Gasteiger partial charge in [-0.05, 0) is 30.9 Å². The number of aryl methyl sites for hydroxylation is 1. The first-order valence-corrected chi connectivity index (χ1v) is 11.7. The lowest BCUT2D eigenvalue weighted by Gasteiger charge is -2.13. The number of unbranched alkanes of at least 4 members (excludes halogenated alkanes) is 10. The SMILES string of the molecule is CCCCCCCCOC(=O)c1c(CCCCCCCC)cccc1C(=O)OC(=O)O. The molecule has 0 fully saturated rings. The molecule has 1 rings (SSSR count). The Morgan fingerprint density at radius 2 is 1.35 bits per heavy atom. The van der Waals surface area contributed by atoms with Crippen LogP contribution >= 0.6 is 0 Å². The zero-order valence-electron chi connectivity index (χ0n) is 19.1. The molecule has 31 heavy (non-hydrogen) atoms. The number of rotatable bonds is 16. The van der Waals surface area contributed by atoms with Crippen molar-refractivity contribution in [2.75, 3.05) is 6.61 Å². The third-order valence-corrected chi connectivity index (χ3v) is 5.29. The molecule has 0 aromatic heterocycles. The van der Waals surface area contributed by atoms with E-state index in [9.17, 15) is 14.4 Å². The highest BCUT2D eigenvalue weighted by Crippen LogP contribution is 2.21. The summed E-state index contributed by atoms with van der Waals surface area (Å²) in [5.74, 6) is -1.64. The molecular formula is C25H38O6. The number of hydrogen-bond acceptors (Lipinski definition) is 5. The number of esters is 2. The quantitative estimate of drug-likeness (QED) is 0.172. The Morgan fingerprint density at radius 3 is 1.97 bits per heavy atom. The Balaban J connectivity index is 2.79. The number of carbonyl (C=O) groups is 3. The standard InChI is InChI=1S/C25H38O6/c1-3-5-7-9-11-13-16-20-17-15-18-21(23(26)31-25(28)29)22(20)24(27)30-19-14-12-10-8-6-4-2/h15,17-18H,3-14,16,19H2,1-2H3,(H,28,29). The molecule has 6 heteroatoms. The van der Waals surface area contributed by atoms with Gasteiger partial charge in [-0.2, -0.15) is 0 Å². The second kappa shape index (κ2) is 16.3. The fourth-order valence-corrected chi connectivity index (χ4v) is 3.57. The van der Waals surface area contributed by atoms with Gasteiger partial charge < -0.3 is 14.6 Å². The van der Waals surface area contributed by atoms with Gasteiger partial charge in [0.15, 0.2) is 0 Å². The maximum absolute atomic E-state index is 12.8. The first-order chi connectivity index (χ1) is 15.0. The van der Waals surface area contributed by atoms with E-state index in [1.165, 1.54) is 44.6 Å². The molecule has 0 heterocycles. The van der Waals surface area contributed by atoms with Crippen molar-refractivity contribution in [2.24, 2.45) is 0 Å². The van der Waals surface area contributed by atoms with E-state index in [4.69, 9.17) is 9.84 Å². The van der Waals surface area contributed by atoms with Crippen molar-refractivity contribution in [2.45, 2.75) is 97.3 Å². The second-order valence-electron chi connectivity index (χ2n) is 7.92. The van der Waals surface area contributed by atoms with Gasteiger partial charge in [0.25, 0.3) is 0 Å². The van der Waals surface area contributed by atoms with Crippen LogP contribution in [0, 0.1) is 0 Å². The smallest absolute Gasteiger partial charge is 0.462 e. The van der Waals surface area contributed by atoms with Gasteiger partial charge in [-0.3, -0.25) is 0 Å². The van der Waals surface area contributed by atoms with Gasteiger partial charge in [0.1, 0.15) is 0 Å². The Kier molecular flexibility index (Phi) is 14.1. The molecule has 1 aromatic carbocycles. The summed E-state index contributed by atoms with van der Waals surface area (Å²) in [5.41, 5.74) is 0.774. The highest BCUT2D eigenvalue weighted by atomic mass is 16.7. The molecule has 174 valence electrons. The zero-order valence-corrected chi connectivity index (χ0v) is 19.1. The summed E-state index contributed by atoms with van der Waals surface area (Å²) >= 11 is 0. The highest BCUT2D eigenvalue weighted by molar-refractivity contribution is 6.06. The predicted molar refractivity (Wildman–Crippen MR) is 121 cm³/mol. The van der Waals surface area contributed by atoms with Gasteiger partial charge >= 0.3 is 18.1 Å². The molecule has 0 saturated heterocycles. The normalized spacial score (nSPS) is 10.6. The van der Waals surface area contributed by atoms with Crippen LogP contribution in [0.5, 0.6) is 0 Å². The summed E-state index contributed by atoms with van der Waals surface area (Å²) in [5, 5.41) is 8.79. The Morgan fingerprint density at radius 1 is 0.774 bits per heavy atom. The molecule has 0 radical (unpaired) electrons. The minimum absolute atomic E-state index is 0.0566. The Hall–Kier alpha value is -2.37. The number of carbonyl (C=O) groups excluding carboxylic acids is 2. The van der Waals surface area contributed by atoms with Crippen LogP contribution in [-0.4, -0.2) is 29.8 Å². The third-order valence-electron chi connectivity index (χ3n) is 5.29. The monoisotopic (exact) mass is 434 g/mol. The largest absolute Gasteiger partial charge is 0.513 e. The lowest BCUT2D eigenvalue weighted by Crippen LogP contribution is -2.18. The third kappa shape index (κ3) is 11.0. The highest BCUT2D eigenvalue weighted by Gasteiger charge is 2.24. The van der Waals surface area contributed by atoms with Gasteiger partial charge in [0.05, 0.1) is 17.7 Å². The van der Waals surface area contributed by atoms with Crippen molar-refractivity contribution in [3.8, 4) is 0 Å². The van der Waals surface area contributed by atoms with Gasteiger partial charge in [-0.25, -0.2) is 14.4 Å². The molecule has 6 nitrogen and oxygen atoms in total. The molecule has 0 aliphatic carbocycles. The minimum Gasteiger partial charge on any atom is -0.462 e. The van der Waals surface area contributed by atoms with Crippen LogP contribution in [0.25, 0.3) is 0 Å². The van der Waals surface area contributed by atoms with E-state index in [0.717, 1.165) is 38.5 Å². The van der Waals surface area contributed by atoms with E-state index in [-0.39, 0.29) is 17.7 Å². The molecule has 0 atom stereocenters. The Bertz CT molecular complexity index is 683. The maximum atomic E-state index is 12.8. The van der Waals surface area contributed by atoms with Crippen molar-refractivity contribution in [3.63, 3.8) is 0 Å². The summed E-state index contributed by atoms with van der Waals surface area (Å²) in [6.07, 6.45) is 12.0. The van der Waals surface area contributed by atoms with Crippen molar-refractivity contribution < 1.29 is 29.0 Å². The van der Waals surface area contributed by atoms with Crippen LogP contribution in [0.1, 0.15) is 117 Å². The summed E-state index contributed by atoms with van der Waals surface area (Å²) in [6, 6.07) is 4.86. The average molecular weight is 435 g/mol. The van der Waals surface area contributed by atoms with Gasteiger partial charge in [-0.15, -0.1) is 0 Å². The molecule has 0 saturated carbocycles. The average Bonchev–Trinajstić information content (AvgIpc) is 2.74. The van der Waals surface area contributed by atoms with E-state index in [2.05, 4.69) is 18.6 Å². The number of hydrogen-bond donors (Lipinski definition) is 1. The van der Waals surface area contributed by atoms with Crippen molar-refractivity contribution in [3.05, 3.63) is 34.9 Å². The molecule has 0 spiro atoms. The lowest BCUT2D eigenvalue weighted by atomic mass is 9.96. The van der Waals surface area contributed by atoms with E-state index in [1.54, 1.807) is 12.1 Å². The lowest BCUT2D eigenvalue weighted by molar-refractivity contribution is 0.0453. The Labute approximate surface area is 186 Å². The summed E-state index contributed by atoms with van der Waals surface area (Å²) in [7, 11) is 0. The van der Waals surface area contributed by atoms with E-state index in [1.807, 2.05) is 0 Å². The zero-order chi connectivity index (χ0) is 22.9. The molecule has 0 amide bonds. The van der Waals surface area contributed by atoms with Crippen LogP contribution in [0.3, 0.4) is 0 Å². The fraction of sp³-hybridized carbons (Fsp3) is 0.640. The van der Waals surface area contributed by atoms with Crippen molar-refractivity contribution in [1.29, 1.82) is 0 Å². The summed E-state index contributed by atoms with van der Waals surface area (Å²) in [6.45, 7) is 4.62. The molecule has 0 aliphatic heterocycles. The second-order valence-corrected chi connectivity index (χ2v) is 7.92. The van der Waals surface area contributed by atoms with Gasteiger partial charge in [-0.1, -0.05) is 90.2 Å². The maximum Gasteiger partial charge on any atom is 0.513 e. The summed E-state index contributed by atoms with van der Waals surface area (Å²) in [4.78, 5) is 35.9. The van der Waals surface area contributed by atoms with Crippen LogP contribution in [0.4, 0.5) is 4.79 Å². The van der Waals surface area contributed by atoms with E-state index >= 15 is 0 Å².